The van der Waals surface area contributed by atoms with Gasteiger partial charge in [-0.25, -0.2) is 0 Å². The lowest BCUT2D eigenvalue weighted by Gasteiger charge is -2.33. The van der Waals surface area contributed by atoms with Crippen molar-refractivity contribution >= 4 is 80.6 Å². The van der Waals surface area contributed by atoms with E-state index in [0.29, 0.717) is 11.5 Å². The van der Waals surface area contributed by atoms with E-state index < -0.39 is 21.6 Å². The number of thioether (sulfide) groups is 2. The van der Waals surface area contributed by atoms with Crippen molar-refractivity contribution < 1.29 is 65.6 Å². The monoisotopic (exact) mass is 1200 g/mol. The van der Waals surface area contributed by atoms with Crippen molar-refractivity contribution in [1.29, 1.82) is 0 Å². The predicted octanol–water partition coefficient (Wildman–Crippen LogP) is 4.03. The third-order valence-corrected chi connectivity index (χ3v) is 15.2. The molecule has 454 valence electrons. The third kappa shape index (κ3) is 25.3. The lowest BCUT2D eigenvalue weighted by Crippen LogP contribution is -2.47. The molecule has 2 aliphatic rings. The molecule has 2 aliphatic heterocycles. The van der Waals surface area contributed by atoms with Crippen LogP contribution in [0, 0.1) is 0 Å². The first-order valence-electron chi connectivity index (χ1n) is 26.3. The lowest BCUT2D eigenvalue weighted by atomic mass is 9.84. The average molecular weight is 1200 g/mol. The number of benzene rings is 2. The molecule has 4 rings (SSSR count). The Morgan fingerprint density at radius 1 is 0.388 bits per heavy atom. The first-order valence-corrected chi connectivity index (χ1v) is 32.2. The van der Waals surface area contributed by atoms with Crippen LogP contribution in [0.1, 0.15) is 74.9 Å². The van der Waals surface area contributed by atoms with Crippen LogP contribution in [0.2, 0.25) is 0 Å². The highest BCUT2D eigenvalue weighted by Gasteiger charge is 2.30. The molecule has 80 heavy (non-hydrogen) atoms. The number of fused-ring (bicyclic) bond motifs is 3. The van der Waals surface area contributed by atoms with Gasteiger partial charge in [-0.3, -0.25) is 37.2 Å². The van der Waals surface area contributed by atoms with Crippen molar-refractivity contribution in [3.63, 3.8) is 0 Å². The molecule has 0 spiro atoms. The molecule has 0 N–H and O–H groups in total. The SMILES string of the molecule is COCC(=O)N1CCN(C(=O)COC)Cc2cc(C(C)(C)C)cc3c2SCCSc2c(cc(C(C)(C)C)cc2CN(C(=O)COC)CCN(C(=O)COC)CCN(C(=O)COC)C3)CN(C(=O)COC)CC1.CS(C)=O.CS(C)=O. The molecule has 2 aromatic carbocycles. The van der Waals surface area contributed by atoms with Crippen LogP contribution in [-0.4, -0.2) is 244 Å². The molecule has 2 bridgehead atoms. The summed E-state index contributed by atoms with van der Waals surface area (Å²) < 4.78 is 51.4. The molecule has 0 saturated heterocycles. The highest BCUT2D eigenvalue weighted by Crippen LogP contribution is 2.39. The zero-order valence-corrected chi connectivity index (χ0v) is 53.7. The molecule has 0 fully saturated rings. The van der Waals surface area contributed by atoms with Gasteiger partial charge in [-0.1, -0.05) is 65.8 Å². The van der Waals surface area contributed by atoms with E-state index in [9.17, 15) is 37.2 Å². The van der Waals surface area contributed by atoms with Gasteiger partial charge >= 0.3 is 0 Å². The zero-order valence-electron chi connectivity index (χ0n) is 50.5. The second kappa shape index (κ2) is 36.6. The standard InChI is InChI=1S/C52H80N6O12S2.2C2H6OS/c1-51(2,3)41-23-37-27-55(45(61)33-67-9)17-13-53(43(59)31-65-7)15-19-57(47(63)35-69-11)29-39-25-42(52(4,5)6)26-40-30-58(48(64)36-70-12)20-16-54(44(60)32-66-8)14-18-56(46(62)34-68-10)28-38(24-41)49(37)71-21-22-72-50(39)40;2*1-4(2)3/h23-26H,13-22,27-36H2,1-12H3;2*1-2H3. The number of rotatable bonds is 12. The maximum absolute atomic E-state index is 14.1. The summed E-state index contributed by atoms with van der Waals surface area (Å²) >= 11 is 3.26. The average Bonchev–Trinajstić information content (AvgIpc) is 3.36. The molecule has 24 heteroatoms. The number of carbonyl (C=O) groups is 6. The van der Waals surface area contributed by atoms with Gasteiger partial charge in [0.15, 0.2) is 0 Å². The van der Waals surface area contributed by atoms with Crippen molar-refractivity contribution in [2.45, 2.75) is 88.3 Å². The van der Waals surface area contributed by atoms with Gasteiger partial charge in [-0.2, -0.15) is 0 Å². The molecule has 0 aliphatic carbocycles. The van der Waals surface area contributed by atoms with Crippen LogP contribution in [0.5, 0.6) is 0 Å². The number of nitrogens with zero attached hydrogens (tertiary/aromatic N) is 6. The van der Waals surface area contributed by atoms with Crippen LogP contribution in [0.15, 0.2) is 34.1 Å². The quantitative estimate of drug-likeness (QED) is 0.294. The molecule has 0 saturated carbocycles. The maximum atomic E-state index is 14.1. The number of hydrogen-bond acceptors (Lipinski definition) is 16. The molecule has 0 radical (unpaired) electrons. The van der Waals surface area contributed by atoms with Crippen molar-refractivity contribution in [3.8, 4) is 0 Å². The maximum Gasteiger partial charge on any atom is 0.248 e. The van der Waals surface area contributed by atoms with E-state index in [1.807, 2.05) is 0 Å². The van der Waals surface area contributed by atoms with E-state index in [2.05, 4.69) is 65.8 Å². The lowest BCUT2D eigenvalue weighted by molar-refractivity contribution is -0.141. The van der Waals surface area contributed by atoms with E-state index in [1.165, 1.54) is 42.7 Å². The van der Waals surface area contributed by atoms with Gasteiger partial charge in [0.25, 0.3) is 0 Å². The fourth-order valence-corrected chi connectivity index (χ4v) is 10.8. The van der Waals surface area contributed by atoms with Gasteiger partial charge in [0.1, 0.15) is 39.6 Å². The minimum Gasteiger partial charge on any atom is -0.375 e. The third-order valence-electron chi connectivity index (χ3n) is 12.5. The Morgan fingerprint density at radius 2 is 0.562 bits per heavy atom. The van der Waals surface area contributed by atoms with Crippen LogP contribution in [0.3, 0.4) is 0 Å². The molecule has 0 unspecified atom stereocenters. The topological polar surface area (TPSA) is 211 Å². The van der Waals surface area contributed by atoms with Crippen molar-refractivity contribution in [2.75, 3.05) is 171 Å². The smallest absolute Gasteiger partial charge is 0.248 e. The largest absolute Gasteiger partial charge is 0.375 e. The minimum absolute atomic E-state index is 0.131. The van der Waals surface area contributed by atoms with Gasteiger partial charge in [-0.15, -0.1) is 23.5 Å². The summed E-state index contributed by atoms with van der Waals surface area (Å²) in [5.41, 5.74) is 4.73. The van der Waals surface area contributed by atoms with E-state index >= 15 is 0 Å². The molecular formula is C56H92N6O14S4. The fourth-order valence-electron chi connectivity index (χ4n) is 8.47. The summed E-state index contributed by atoms with van der Waals surface area (Å²) in [5.74, 6) is -0.538. The summed E-state index contributed by atoms with van der Waals surface area (Å²) in [6.45, 7) is 13.2. The predicted molar refractivity (Wildman–Crippen MR) is 318 cm³/mol. The number of carbonyl (C=O) groups excluding carboxylic acids is 6. The molecule has 20 nitrogen and oxygen atoms in total. The van der Waals surface area contributed by atoms with Gasteiger partial charge in [0.2, 0.25) is 35.4 Å². The molecule has 6 amide bonds. The Bertz CT molecular complexity index is 2110. The fraction of sp³-hybridized carbons (Fsp3) is 0.679. The second-order valence-electron chi connectivity index (χ2n) is 21.5. The summed E-state index contributed by atoms with van der Waals surface area (Å²) in [6, 6.07) is 8.54. The van der Waals surface area contributed by atoms with Crippen LogP contribution in [0.25, 0.3) is 0 Å². The summed E-state index contributed by atoms with van der Waals surface area (Å²) in [7, 11) is 7.54. The van der Waals surface area contributed by atoms with E-state index in [4.69, 9.17) is 28.4 Å². The van der Waals surface area contributed by atoms with E-state index in [1.54, 1.807) is 77.9 Å². The molecule has 0 atom stereocenters. The second-order valence-corrected chi connectivity index (χ2v) is 26.7. The Balaban J connectivity index is 0.00000255. The van der Waals surface area contributed by atoms with Gasteiger partial charge in [-0.05, 0) is 44.2 Å². The highest BCUT2D eigenvalue weighted by molar-refractivity contribution is 8.03. The van der Waals surface area contributed by atoms with Crippen LogP contribution in [0.4, 0.5) is 0 Å². The highest BCUT2D eigenvalue weighted by atomic mass is 32.2. The van der Waals surface area contributed by atoms with Crippen molar-refractivity contribution in [3.05, 3.63) is 57.6 Å². The minimum atomic E-state index is -0.611. The van der Waals surface area contributed by atoms with Gasteiger partial charge in [0.05, 0.1) is 0 Å². The first-order chi connectivity index (χ1) is 37.6. The Morgan fingerprint density at radius 3 is 0.738 bits per heavy atom. The van der Waals surface area contributed by atoms with E-state index in [0.717, 1.165) is 43.2 Å². The number of hydrogen-bond donors (Lipinski definition) is 0. The number of amides is 6. The van der Waals surface area contributed by atoms with Gasteiger partial charge < -0.3 is 57.8 Å². The summed E-state index contributed by atoms with van der Waals surface area (Å²) in [6.07, 6.45) is 6.56. The molecular weight excluding hydrogens is 1110 g/mol. The van der Waals surface area contributed by atoms with E-state index in [-0.39, 0.29) is 164 Å². The van der Waals surface area contributed by atoms with Crippen LogP contribution in [-0.2, 0) is 116 Å². The van der Waals surface area contributed by atoms with Crippen molar-refractivity contribution in [2.24, 2.45) is 0 Å². The Hall–Kier alpha value is -3.98. The van der Waals surface area contributed by atoms with Gasteiger partial charge in [0, 0.05) is 189 Å². The summed E-state index contributed by atoms with van der Waals surface area (Å²) in [5, 5.41) is 0. The zero-order chi connectivity index (χ0) is 60.3. The summed E-state index contributed by atoms with van der Waals surface area (Å²) in [4.78, 5) is 96.2. The molecule has 2 aromatic rings. The molecule has 2 heterocycles. The Kier molecular flexibility index (Phi) is 33.0. The number of ether oxygens (including phenoxy) is 6. The van der Waals surface area contributed by atoms with Crippen molar-refractivity contribution in [1.82, 2.24) is 29.4 Å². The first kappa shape index (κ1) is 72.1. The molecule has 0 aromatic heterocycles. The van der Waals surface area contributed by atoms with Crippen LogP contribution >= 0.6 is 23.5 Å². The Labute approximate surface area is 490 Å². The van der Waals surface area contributed by atoms with Crippen LogP contribution < -0.4 is 0 Å². The number of methoxy groups -OCH3 is 6. The normalized spacial score (nSPS) is 15.5.